The van der Waals surface area contributed by atoms with Crippen molar-refractivity contribution >= 4 is 79.8 Å². The Kier molecular flexibility index (Phi) is 16.0. The summed E-state index contributed by atoms with van der Waals surface area (Å²) in [5.74, 6) is 0.142. The molecule has 2 amide bonds. The van der Waals surface area contributed by atoms with Gasteiger partial charge in [0, 0.05) is 86.6 Å². The molecule has 2 aliphatic rings. The van der Waals surface area contributed by atoms with Crippen LogP contribution >= 0.6 is 23.2 Å². The van der Waals surface area contributed by atoms with Crippen LogP contribution in [0, 0.1) is 13.8 Å². The summed E-state index contributed by atoms with van der Waals surface area (Å²) in [6.07, 6.45) is -9.66. The molecule has 0 aliphatic carbocycles. The topological polar surface area (TPSA) is 143 Å². The summed E-state index contributed by atoms with van der Waals surface area (Å²) in [7, 11) is 2.11. The highest BCUT2D eigenvalue weighted by atomic mass is 35.5. The molecule has 6 aromatic rings. The number of halogens is 8. The Morgan fingerprint density at radius 1 is 0.609 bits per heavy atom. The van der Waals surface area contributed by atoms with Crippen LogP contribution in [0.1, 0.15) is 11.1 Å². The van der Waals surface area contributed by atoms with E-state index in [2.05, 4.69) is 53.2 Å². The number of carbonyl (C=O) groups is 2. The van der Waals surface area contributed by atoms with Crippen LogP contribution < -0.4 is 44.7 Å². The molecule has 2 saturated heterocycles. The maximum Gasteiger partial charge on any atom is 0.573 e. The predicted molar refractivity (Wildman–Crippen MR) is 252 cm³/mol. The van der Waals surface area contributed by atoms with Gasteiger partial charge in [0.05, 0.1) is 21.1 Å². The second-order valence-corrected chi connectivity index (χ2v) is 16.9. The average Bonchev–Trinajstić information content (AvgIpc) is 3.28. The van der Waals surface area contributed by atoms with Crippen LogP contribution in [0.3, 0.4) is 0 Å². The van der Waals surface area contributed by atoms with Gasteiger partial charge in [-0.2, -0.15) is 0 Å². The van der Waals surface area contributed by atoms with E-state index in [-0.39, 0.29) is 34.8 Å². The average molecular weight is 1000 g/mol. The summed E-state index contributed by atoms with van der Waals surface area (Å²) in [6, 6.07) is 21.5. The number of rotatable bonds is 12. The quantitative estimate of drug-likeness (QED) is 0.101. The molecule has 69 heavy (non-hydrogen) atoms. The summed E-state index contributed by atoms with van der Waals surface area (Å²) < 4.78 is 92.2. The van der Waals surface area contributed by atoms with Gasteiger partial charge in [-0.15, -0.1) is 26.3 Å². The second kappa shape index (κ2) is 21.9. The standard InChI is InChI=1S/C24H24ClF3N4O3.C23H22ClF3N4O3/c1-15-11-22(32-9-7-31(2)8-10-32)30-20-5-3-16(12-18(15)20)29-23(33)14-34-21-6-4-17(13-19(21)25)35-24(26,27)28;1-14-10-21(31-8-6-28-7-9-31)30-19-4-2-15(11-17(14)19)29-22(32)13-33-20-5-3-16(12-18(20)24)34-23(25,26)27/h3-6,11-13H,7-10,14H2,1-2H3,(H,29,33);2-5,10-12,28H,6-9,13H2,1H3,(H,29,32). The zero-order valence-electron chi connectivity index (χ0n) is 37.4. The number of pyridine rings is 2. The molecule has 0 saturated carbocycles. The van der Waals surface area contributed by atoms with Crippen molar-refractivity contribution in [1.29, 1.82) is 0 Å². The maximum atomic E-state index is 12.4. The van der Waals surface area contributed by atoms with Gasteiger partial charge in [0.25, 0.3) is 11.8 Å². The summed E-state index contributed by atoms with van der Waals surface area (Å²) in [5, 5.41) is 10.4. The van der Waals surface area contributed by atoms with E-state index >= 15 is 0 Å². The number of ether oxygens (including phenoxy) is 4. The van der Waals surface area contributed by atoms with Gasteiger partial charge in [-0.1, -0.05) is 23.2 Å². The van der Waals surface area contributed by atoms with Crippen LogP contribution in [0.2, 0.25) is 10.0 Å². The molecular weight excluding hydrogens is 957 g/mol. The smallest absolute Gasteiger partial charge is 0.482 e. The number of piperazine rings is 2. The Labute approximate surface area is 402 Å². The number of hydrogen-bond acceptors (Lipinski definition) is 12. The van der Waals surface area contributed by atoms with Gasteiger partial charge < -0.3 is 49.6 Å². The fourth-order valence-electron chi connectivity index (χ4n) is 7.43. The van der Waals surface area contributed by atoms with E-state index in [1.54, 1.807) is 12.1 Å². The van der Waals surface area contributed by atoms with Crippen molar-refractivity contribution in [2.24, 2.45) is 0 Å². The second-order valence-electron chi connectivity index (χ2n) is 16.0. The lowest BCUT2D eigenvalue weighted by Crippen LogP contribution is -2.44. The Bertz CT molecular complexity index is 2810. The first kappa shape index (κ1) is 50.4. The number of benzene rings is 4. The van der Waals surface area contributed by atoms with Crippen LogP contribution in [-0.2, 0) is 9.59 Å². The Morgan fingerprint density at radius 2 is 1.03 bits per heavy atom. The molecule has 8 rings (SSSR count). The molecule has 0 bridgehead atoms. The third kappa shape index (κ3) is 14.3. The molecular formula is C47H46Cl2F6N8O6. The Balaban J connectivity index is 0.000000204. The van der Waals surface area contributed by atoms with Crippen LogP contribution in [0.4, 0.5) is 49.4 Å². The van der Waals surface area contributed by atoms with E-state index < -0.39 is 36.0 Å². The molecule has 0 atom stereocenters. The molecule has 2 aliphatic heterocycles. The zero-order chi connectivity index (χ0) is 49.5. The van der Waals surface area contributed by atoms with Gasteiger partial charge in [-0.25, -0.2) is 9.97 Å². The lowest BCUT2D eigenvalue weighted by Gasteiger charge is -2.33. The number of likely N-dealkylation sites (N-methyl/N-ethyl adjacent to an activating group) is 1. The molecule has 0 unspecified atom stereocenters. The first-order valence-corrected chi connectivity index (χ1v) is 22.2. The van der Waals surface area contributed by atoms with Crippen molar-refractivity contribution in [3.63, 3.8) is 0 Å². The van der Waals surface area contributed by atoms with Crippen molar-refractivity contribution in [2.45, 2.75) is 26.6 Å². The molecule has 14 nitrogen and oxygen atoms in total. The number of nitrogens with zero attached hydrogens (tertiary/aromatic N) is 5. The van der Waals surface area contributed by atoms with Crippen LogP contribution in [0.15, 0.2) is 84.9 Å². The van der Waals surface area contributed by atoms with Crippen molar-refractivity contribution in [3.05, 3.63) is 106 Å². The molecule has 4 heterocycles. The van der Waals surface area contributed by atoms with E-state index in [1.165, 1.54) is 12.1 Å². The number of aromatic nitrogens is 2. The largest absolute Gasteiger partial charge is 0.573 e. The number of fused-ring (bicyclic) bond motifs is 2. The number of alkyl halides is 6. The van der Waals surface area contributed by atoms with Crippen LogP contribution in [0.25, 0.3) is 21.8 Å². The van der Waals surface area contributed by atoms with E-state index in [9.17, 15) is 35.9 Å². The maximum absolute atomic E-state index is 12.4. The highest BCUT2D eigenvalue weighted by molar-refractivity contribution is 6.32. The normalized spacial score (nSPS) is 14.5. The number of carbonyl (C=O) groups excluding carboxylic acids is 2. The van der Waals surface area contributed by atoms with Crippen molar-refractivity contribution in [2.75, 3.05) is 93.1 Å². The highest BCUT2D eigenvalue weighted by Gasteiger charge is 2.32. The van der Waals surface area contributed by atoms with E-state index in [4.69, 9.17) is 42.6 Å². The molecule has 2 fully saturated rings. The van der Waals surface area contributed by atoms with Crippen molar-refractivity contribution in [1.82, 2.24) is 20.2 Å². The third-order valence-corrected chi connectivity index (χ3v) is 11.4. The lowest BCUT2D eigenvalue weighted by atomic mass is 10.1. The Hall–Kier alpha value is -6.48. The fraction of sp³-hybridized carbons (Fsp3) is 0.319. The summed E-state index contributed by atoms with van der Waals surface area (Å²) in [4.78, 5) is 41.1. The van der Waals surface area contributed by atoms with Crippen molar-refractivity contribution < 1.29 is 54.9 Å². The number of anilines is 4. The Morgan fingerprint density at radius 3 is 1.43 bits per heavy atom. The molecule has 2 aromatic heterocycles. The number of nitrogens with one attached hydrogen (secondary N) is 3. The predicted octanol–water partition coefficient (Wildman–Crippen LogP) is 9.39. The molecule has 3 N–H and O–H groups in total. The van der Waals surface area contributed by atoms with E-state index in [1.807, 2.05) is 44.2 Å². The molecule has 0 radical (unpaired) electrons. The molecule has 22 heteroatoms. The lowest BCUT2D eigenvalue weighted by molar-refractivity contribution is -0.275. The van der Waals surface area contributed by atoms with Gasteiger partial charge in [-0.05, 0) is 105 Å². The van der Waals surface area contributed by atoms with Gasteiger partial charge in [-0.3, -0.25) is 9.59 Å². The highest BCUT2D eigenvalue weighted by Crippen LogP contribution is 2.34. The minimum atomic E-state index is -4.83. The minimum Gasteiger partial charge on any atom is -0.482 e. The number of amides is 2. The summed E-state index contributed by atoms with van der Waals surface area (Å²) in [5.41, 5.74) is 4.89. The SMILES string of the molecule is Cc1cc(N2CCN(C)CC2)nc2ccc(NC(=O)COc3ccc(OC(F)(F)F)cc3Cl)cc12.Cc1cc(N2CCNCC2)nc2ccc(NC(=O)COc3ccc(OC(F)(F)F)cc3Cl)cc12. The monoisotopic (exact) mass is 1000 g/mol. The van der Waals surface area contributed by atoms with E-state index in [0.29, 0.717) is 11.4 Å². The van der Waals surface area contributed by atoms with Crippen molar-refractivity contribution in [3.8, 4) is 23.0 Å². The van der Waals surface area contributed by atoms with Crippen LogP contribution in [-0.4, -0.2) is 112 Å². The van der Waals surface area contributed by atoms with Gasteiger partial charge >= 0.3 is 12.7 Å². The van der Waals surface area contributed by atoms with Gasteiger partial charge in [0.2, 0.25) is 0 Å². The molecule has 4 aromatic carbocycles. The molecule has 0 spiro atoms. The van der Waals surface area contributed by atoms with E-state index in [0.717, 1.165) is 121 Å². The zero-order valence-corrected chi connectivity index (χ0v) is 38.9. The minimum absolute atomic E-state index is 0.0605. The first-order valence-electron chi connectivity index (χ1n) is 21.4. The molecule has 366 valence electrons. The van der Waals surface area contributed by atoms with Gasteiger partial charge in [0.15, 0.2) is 13.2 Å². The fourth-order valence-corrected chi connectivity index (χ4v) is 7.88. The summed E-state index contributed by atoms with van der Waals surface area (Å²) >= 11 is 11.9. The third-order valence-electron chi connectivity index (χ3n) is 10.8. The first-order chi connectivity index (χ1) is 32.7. The number of aryl methyl sites for hydroxylation is 2. The number of hydrogen-bond donors (Lipinski definition) is 3. The summed E-state index contributed by atoms with van der Waals surface area (Å²) in [6.45, 7) is 10.7. The van der Waals surface area contributed by atoms with Crippen LogP contribution in [0.5, 0.6) is 23.0 Å². The van der Waals surface area contributed by atoms with Gasteiger partial charge in [0.1, 0.15) is 34.6 Å².